The van der Waals surface area contributed by atoms with Crippen LogP contribution in [-0.4, -0.2) is 26.9 Å². The van der Waals surface area contributed by atoms with E-state index in [1.54, 1.807) is 18.5 Å². The van der Waals surface area contributed by atoms with Crippen LogP contribution in [0.15, 0.2) is 60.8 Å². The lowest BCUT2D eigenvalue weighted by Gasteiger charge is -2.08. The van der Waals surface area contributed by atoms with Crippen molar-refractivity contribution < 1.29 is 17.8 Å². The van der Waals surface area contributed by atoms with Crippen molar-refractivity contribution in [3.05, 3.63) is 77.9 Å². The molecule has 2 aromatic carbocycles. The minimum absolute atomic E-state index is 0.226. The first kappa shape index (κ1) is 12.9. The van der Waals surface area contributed by atoms with Gasteiger partial charge in [-0.1, -0.05) is 12.1 Å². The van der Waals surface area contributed by atoms with Crippen LogP contribution in [0.1, 0.15) is 37.0 Å². The maximum atomic E-state index is 13.1. The molecule has 0 amide bonds. The van der Waals surface area contributed by atoms with Gasteiger partial charge in [0.2, 0.25) is 0 Å². The Morgan fingerprint density at radius 2 is 1.93 bits per heavy atom. The SMILES string of the molecule is [2H]c1c([2H])c(C(=O)Cc2cc3cc(-c4cnc(C)n4C)ccc3cn2)c([2H])c([2H])c1OC([2H])([2H])C. The summed E-state index contributed by atoms with van der Waals surface area (Å²) in [6, 6.07) is 5.26. The van der Waals surface area contributed by atoms with E-state index >= 15 is 0 Å². The third-order valence-corrected chi connectivity index (χ3v) is 4.72. The standard InChI is InChI=1S/C24H23N3O2/c1-4-29-22-9-7-17(8-10-22)24(28)13-21-12-20-11-18(5-6-19(20)14-26-21)23-15-25-16(2)27(23)3/h5-12,14-15H,4,13H2,1-3H3/i4D2,7D,8D,9D,10D. The van der Waals surface area contributed by atoms with Gasteiger partial charge in [0.15, 0.2) is 5.78 Å². The number of carbonyl (C=O) groups excluding carboxylic acids is 1. The van der Waals surface area contributed by atoms with Crippen molar-refractivity contribution >= 4 is 16.6 Å². The van der Waals surface area contributed by atoms with Gasteiger partial charge in [0.05, 0.1) is 33.1 Å². The van der Waals surface area contributed by atoms with Crippen molar-refractivity contribution in [1.82, 2.24) is 14.5 Å². The highest BCUT2D eigenvalue weighted by molar-refractivity contribution is 5.98. The number of carbonyl (C=O) groups is 1. The monoisotopic (exact) mass is 391 g/mol. The van der Waals surface area contributed by atoms with Crippen LogP contribution in [0.25, 0.3) is 22.0 Å². The minimum Gasteiger partial charge on any atom is -0.494 e. The van der Waals surface area contributed by atoms with E-state index < -0.39 is 42.3 Å². The first-order chi connectivity index (χ1) is 16.4. The summed E-state index contributed by atoms with van der Waals surface area (Å²) in [7, 11) is 1.93. The van der Waals surface area contributed by atoms with Gasteiger partial charge in [-0.2, -0.15) is 0 Å². The number of fused-ring (bicyclic) bond motifs is 1. The lowest BCUT2D eigenvalue weighted by Crippen LogP contribution is -2.05. The molecule has 2 aromatic heterocycles. The Bertz CT molecular complexity index is 1450. The zero-order chi connectivity index (χ0) is 25.7. The molecule has 0 atom stereocenters. The van der Waals surface area contributed by atoms with E-state index in [1.807, 2.05) is 36.7 Å². The van der Waals surface area contributed by atoms with Crippen molar-refractivity contribution in [1.29, 1.82) is 0 Å². The molecule has 5 heteroatoms. The predicted molar refractivity (Wildman–Crippen MR) is 114 cm³/mol. The molecule has 0 fully saturated rings. The third kappa shape index (κ3) is 3.90. The quantitative estimate of drug-likeness (QED) is 0.444. The molecule has 0 unspecified atom stereocenters. The first-order valence-electron chi connectivity index (χ1n) is 12.1. The van der Waals surface area contributed by atoms with Crippen LogP contribution >= 0.6 is 0 Å². The number of hydrogen-bond acceptors (Lipinski definition) is 4. The Hall–Kier alpha value is -3.47. The summed E-state index contributed by atoms with van der Waals surface area (Å²) < 4.78 is 54.6. The van der Waals surface area contributed by atoms with Gasteiger partial charge in [-0.25, -0.2) is 4.98 Å². The van der Waals surface area contributed by atoms with Crippen molar-refractivity contribution in [3.8, 4) is 17.0 Å². The van der Waals surface area contributed by atoms with Gasteiger partial charge in [-0.05, 0) is 55.5 Å². The molecule has 0 N–H and O–H groups in total. The molecule has 0 aliphatic carbocycles. The van der Waals surface area contributed by atoms with Crippen molar-refractivity contribution in [2.75, 3.05) is 6.56 Å². The Morgan fingerprint density at radius 3 is 2.62 bits per heavy atom. The van der Waals surface area contributed by atoms with Gasteiger partial charge in [-0.15, -0.1) is 0 Å². The molecule has 0 spiro atoms. The molecule has 0 bridgehead atoms. The fourth-order valence-electron chi connectivity index (χ4n) is 3.06. The molecule has 0 aliphatic rings. The van der Waals surface area contributed by atoms with Crippen molar-refractivity contribution in [2.45, 2.75) is 20.3 Å². The van der Waals surface area contributed by atoms with Gasteiger partial charge in [-0.3, -0.25) is 9.78 Å². The third-order valence-electron chi connectivity index (χ3n) is 4.72. The summed E-state index contributed by atoms with van der Waals surface area (Å²) >= 11 is 0. The van der Waals surface area contributed by atoms with Gasteiger partial charge in [0.25, 0.3) is 0 Å². The number of ketones is 1. The number of rotatable bonds is 6. The molecular formula is C24H23N3O2. The Balaban J connectivity index is 1.69. The van der Waals surface area contributed by atoms with Crippen LogP contribution in [0.2, 0.25) is 0 Å². The fourth-order valence-corrected chi connectivity index (χ4v) is 3.06. The maximum Gasteiger partial charge on any atom is 0.168 e. The number of hydrogen-bond donors (Lipinski definition) is 0. The van der Waals surface area contributed by atoms with Crippen LogP contribution in [0.3, 0.4) is 0 Å². The van der Waals surface area contributed by atoms with Crippen LogP contribution < -0.4 is 4.74 Å². The highest BCUT2D eigenvalue weighted by atomic mass is 16.5. The zero-order valence-electron chi connectivity index (χ0n) is 22.3. The molecule has 4 rings (SSSR count). The van der Waals surface area contributed by atoms with E-state index in [2.05, 4.69) is 9.97 Å². The first-order valence-corrected chi connectivity index (χ1v) is 9.07. The summed E-state index contributed by atoms with van der Waals surface area (Å²) in [4.78, 5) is 21.7. The minimum atomic E-state index is -2.21. The summed E-state index contributed by atoms with van der Waals surface area (Å²) in [5.41, 5.74) is 1.93. The summed E-state index contributed by atoms with van der Waals surface area (Å²) in [5.74, 6) is -0.281. The normalized spacial score (nSPS) is 14.4. The number of Topliss-reactive ketones (excluding diaryl/α,β-unsaturated/α-hetero) is 1. The van der Waals surface area contributed by atoms with E-state index in [0.29, 0.717) is 5.69 Å². The number of nitrogens with zero attached hydrogens (tertiary/aromatic N) is 3. The molecule has 0 saturated carbocycles. The number of imidazole rings is 1. The number of benzene rings is 2. The Labute approximate surface area is 178 Å². The van der Waals surface area contributed by atoms with E-state index in [0.717, 1.165) is 34.8 Å². The fraction of sp³-hybridized carbons (Fsp3) is 0.208. The smallest absolute Gasteiger partial charge is 0.168 e. The predicted octanol–water partition coefficient (Wildman–Crippen LogP) is 4.77. The largest absolute Gasteiger partial charge is 0.494 e. The topological polar surface area (TPSA) is 57.0 Å². The zero-order valence-corrected chi connectivity index (χ0v) is 16.3. The summed E-state index contributed by atoms with van der Waals surface area (Å²) in [6.07, 6.45) is 3.21. The number of ether oxygens (including phenoxy) is 1. The second kappa shape index (κ2) is 7.87. The number of aromatic nitrogens is 3. The highest BCUT2D eigenvalue weighted by Crippen LogP contribution is 2.25. The average molecular weight is 392 g/mol. The van der Waals surface area contributed by atoms with E-state index in [1.165, 1.54) is 0 Å². The van der Waals surface area contributed by atoms with Gasteiger partial charge >= 0.3 is 0 Å². The Kier molecular flexibility index (Phi) is 3.50. The highest BCUT2D eigenvalue weighted by Gasteiger charge is 2.11. The lowest BCUT2D eigenvalue weighted by molar-refractivity contribution is 0.0992. The van der Waals surface area contributed by atoms with Crippen LogP contribution in [-0.2, 0) is 13.5 Å². The van der Waals surface area contributed by atoms with Crippen LogP contribution in [0, 0.1) is 6.92 Å². The molecule has 0 saturated heterocycles. The van der Waals surface area contributed by atoms with Gasteiger partial charge in [0, 0.05) is 35.5 Å². The van der Waals surface area contributed by atoms with Crippen molar-refractivity contribution in [2.24, 2.45) is 7.05 Å². The van der Waals surface area contributed by atoms with E-state index in [4.69, 9.17) is 13.0 Å². The molecule has 2 heterocycles. The summed E-state index contributed by atoms with van der Waals surface area (Å²) in [5, 5.41) is 1.73. The van der Waals surface area contributed by atoms with Crippen LogP contribution in [0.5, 0.6) is 5.75 Å². The number of aryl methyl sites for hydroxylation is 1. The molecule has 0 radical (unpaired) electrons. The van der Waals surface area contributed by atoms with Crippen LogP contribution in [0.4, 0.5) is 0 Å². The van der Waals surface area contributed by atoms with Crippen molar-refractivity contribution in [3.63, 3.8) is 0 Å². The second-order valence-corrected chi connectivity index (χ2v) is 6.60. The second-order valence-electron chi connectivity index (χ2n) is 6.60. The molecule has 4 aromatic rings. The van der Waals surface area contributed by atoms with E-state index in [-0.39, 0.29) is 12.0 Å². The maximum absolute atomic E-state index is 13.1. The average Bonchev–Trinajstić information content (AvgIpc) is 3.12. The summed E-state index contributed by atoms with van der Waals surface area (Å²) in [6.45, 7) is 0.795. The molecule has 0 aliphatic heterocycles. The molecule has 146 valence electrons. The van der Waals surface area contributed by atoms with Gasteiger partial charge < -0.3 is 9.30 Å². The Morgan fingerprint density at radius 1 is 1.14 bits per heavy atom. The van der Waals surface area contributed by atoms with Gasteiger partial charge in [0.1, 0.15) is 11.6 Å². The molecule has 29 heavy (non-hydrogen) atoms. The number of pyridine rings is 1. The molecule has 5 nitrogen and oxygen atoms in total. The lowest BCUT2D eigenvalue weighted by atomic mass is 10.0. The molecular weight excluding hydrogens is 362 g/mol. The van der Waals surface area contributed by atoms with E-state index in [9.17, 15) is 4.79 Å².